The van der Waals surface area contributed by atoms with Crippen molar-refractivity contribution >= 4 is 21.4 Å². The Hall–Kier alpha value is -1.67. The maximum atomic E-state index is 12.1. The van der Waals surface area contributed by atoms with Crippen LogP contribution in [0.2, 0.25) is 0 Å². The molecule has 116 valence electrons. The van der Waals surface area contributed by atoms with E-state index in [1.165, 1.54) is 6.07 Å². The Bertz CT molecular complexity index is 624. The number of hydrogen-bond donors (Lipinski definition) is 2. The molecule has 1 aliphatic rings. The summed E-state index contributed by atoms with van der Waals surface area (Å²) < 4.78 is 26.7. The van der Waals surface area contributed by atoms with Crippen LogP contribution in [0.25, 0.3) is 0 Å². The molecule has 0 aromatic heterocycles. The highest BCUT2D eigenvalue weighted by Crippen LogP contribution is 2.24. The number of rotatable bonds is 5. The molecule has 0 atom stereocenters. The van der Waals surface area contributed by atoms with E-state index in [2.05, 4.69) is 10.0 Å². The Morgan fingerprint density at radius 1 is 1.38 bits per heavy atom. The molecule has 0 radical (unpaired) electrons. The van der Waals surface area contributed by atoms with Crippen LogP contribution in [0.5, 0.6) is 0 Å². The highest BCUT2D eigenvalue weighted by Gasteiger charge is 2.22. The van der Waals surface area contributed by atoms with E-state index in [-0.39, 0.29) is 23.0 Å². The van der Waals surface area contributed by atoms with Gasteiger partial charge in [0.05, 0.1) is 16.4 Å². The smallest absolute Gasteiger partial charge is 0.274 e. The molecule has 1 saturated heterocycles. The van der Waals surface area contributed by atoms with Crippen LogP contribution >= 0.6 is 0 Å². The molecular weight excluding hydrogens is 294 g/mol. The number of anilines is 1. The Labute approximate surface area is 123 Å². The third-order valence-corrected chi connectivity index (χ3v) is 5.05. The van der Waals surface area contributed by atoms with Gasteiger partial charge < -0.3 is 5.32 Å². The molecule has 0 aliphatic carbocycles. The zero-order chi connectivity index (χ0) is 15.5. The normalized spacial score (nSPS) is 16.6. The average molecular weight is 313 g/mol. The Morgan fingerprint density at radius 2 is 2.05 bits per heavy atom. The van der Waals surface area contributed by atoms with Crippen molar-refractivity contribution in [2.75, 3.05) is 23.6 Å². The Balaban J connectivity index is 2.09. The first-order valence-corrected chi connectivity index (χ1v) is 8.49. The van der Waals surface area contributed by atoms with E-state index < -0.39 is 14.9 Å². The van der Waals surface area contributed by atoms with Crippen LogP contribution in [-0.4, -0.2) is 32.2 Å². The molecule has 1 fully saturated rings. The van der Waals surface area contributed by atoms with Gasteiger partial charge in [-0.15, -0.1) is 0 Å². The summed E-state index contributed by atoms with van der Waals surface area (Å²) in [5.74, 6) is 0.181. The second-order valence-corrected chi connectivity index (χ2v) is 7.10. The Morgan fingerprint density at radius 3 is 2.67 bits per heavy atom. The number of nitrogens with zero attached hydrogens (tertiary/aromatic N) is 1. The predicted octanol–water partition coefficient (Wildman–Crippen LogP) is 1.64. The topological polar surface area (TPSA) is 101 Å². The summed E-state index contributed by atoms with van der Waals surface area (Å²) in [4.78, 5) is 10.4. The van der Waals surface area contributed by atoms with E-state index in [0.29, 0.717) is 5.56 Å². The van der Waals surface area contributed by atoms with Crippen molar-refractivity contribution in [3.8, 4) is 0 Å². The molecule has 7 nitrogen and oxygen atoms in total. The number of benzene rings is 1. The molecule has 21 heavy (non-hydrogen) atoms. The molecule has 8 heteroatoms. The SMILES string of the molecule is Cc1ccc(NS(=O)(=O)CC2CCNCC2)cc1[N+](=O)[O-]. The number of nitro groups is 1. The van der Waals surface area contributed by atoms with Crippen molar-refractivity contribution in [3.63, 3.8) is 0 Å². The minimum absolute atomic E-state index is 0.0519. The van der Waals surface area contributed by atoms with Crippen molar-refractivity contribution in [1.29, 1.82) is 0 Å². The number of nitrogens with one attached hydrogen (secondary N) is 2. The van der Waals surface area contributed by atoms with E-state index in [0.717, 1.165) is 25.9 Å². The standard InChI is InChI=1S/C13H19N3O4S/c1-10-2-3-12(8-13(10)16(17)18)15-21(19,20)9-11-4-6-14-7-5-11/h2-3,8,11,14-15H,4-7,9H2,1H3. The van der Waals surface area contributed by atoms with Crippen LogP contribution in [0.15, 0.2) is 18.2 Å². The van der Waals surface area contributed by atoms with Gasteiger partial charge in [0.15, 0.2) is 0 Å². The van der Waals surface area contributed by atoms with Crippen molar-refractivity contribution in [2.45, 2.75) is 19.8 Å². The average Bonchev–Trinajstić information content (AvgIpc) is 2.41. The molecule has 0 bridgehead atoms. The van der Waals surface area contributed by atoms with E-state index in [9.17, 15) is 18.5 Å². The zero-order valence-corrected chi connectivity index (χ0v) is 12.6. The van der Waals surface area contributed by atoms with Crippen LogP contribution in [0.3, 0.4) is 0 Å². The van der Waals surface area contributed by atoms with Crippen molar-refractivity contribution < 1.29 is 13.3 Å². The van der Waals surface area contributed by atoms with Crippen LogP contribution in [0.4, 0.5) is 11.4 Å². The molecule has 2 rings (SSSR count). The molecule has 2 N–H and O–H groups in total. The second kappa shape index (κ2) is 6.40. The number of aryl methyl sites for hydroxylation is 1. The quantitative estimate of drug-likeness (QED) is 0.635. The highest BCUT2D eigenvalue weighted by molar-refractivity contribution is 7.92. The molecule has 1 aromatic rings. The van der Waals surface area contributed by atoms with E-state index in [4.69, 9.17) is 0 Å². The van der Waals surface area contributed by atoms with Gasteiger partial charge in [0, 0.05) is 11.6 Å². The summed E-state index contributed by atoms with van der Waals surface area (Å²) in [5, 5.41) is 14.1. The van der Waals surface area contributed by atoms with Crippen molar-refractivity contribution in [3.05, 3.63) is 33.9 Å². The first-order chi connectivity index (χ1) is 9.87. The van der Waals surface area contributed by atoms with Gasteiger partial charge in [-0.3, -0.25) is 14.8 Å². The van der Waals surface area contributed by atoms with Crippen molar-refractivity contribution in [2.24, 2.45) is 5.92 Å². The maximum Gasteiger partial charge on any atom is 0.274 e. The summed E-state index contributed by atoms with van der Waals surface area (Å²) in [7, 11) is -3.49. The summed E-state index contributed by atoms with van der Waals surface area (Å²) in [6, 6.07) is 4.35. The van der Waals surface area contributed by atoms with Gasteiger partial charge in [-0.05, 0) is 44.8 Å². The highest BCUT2D eigenvalue weighted by atomic mass is 32.2. The minimum atomic E-state index is -3.49. The second-order valence-electron chi connectivity index (χ2n) is 5.34. The molecular formula is C13H19N3O4S. The largest absolute Gasteiger partial charge is 0.317 e. The van der Waals surface area contributed by atoms with Crippen LogP contribution in [-0.2, 0) is 10.0 Å². The predicted molar refractivity (Wildman–Crippen MR) is 80.8 cm³/mol. The summed E-state index contributed by atoms with van der Waals surface area (Å²) >= 11 is 0. The lowest BCUT2D eigenvalue weighted by atomic mass is 10.0. The van der Waals surface area contributed by atoms with E-state index >= 15 is 0 Å². The van der Waals surface area contributed by atoms with Gasteiger partial charge >= 0.3 is 0 Å². The third kappa shape index (κ3) is 4.40. The molecule has 0 unspecified atom stereocenters. The van der Waals surface area contributed by atoms with Gasteiger partial charge in [-0.2, -0.15) is 0 Å². The summed E-state index contributed by atoms with van der Waals surface area (Å²) in [6.45, 7) is 3.28. The molecule has 0 amide bonds. The lowest BCUT2D eigenvalue weighted by Crippen LogP contribution is -2.33. The van der Waals surface area contributed by atoms with Crippen LogP contribution < -0.4 is 10.0 Å². The molecule has 1 heterocycles. The van der Waals surface area contributed by atoms with Gasteiger partial charge in [0.2, 0.25) is 10.0 Å². The number of nitro benzene ring substituents is 1. The maximum absolute atomic E-state index is 12.1. The lowest BCUT2D eigenvalue weighted by molar-refractivity contribution is -0.385. The fraction of sp³-hybridized carbons (Fsp3) is 0.538. The van der Waals surface area contributed by atoms with Gasteiger partial charge in [0.1, 0.15) is 0 Å². The summed E-state index contributed by atoms with van der Waals surface area (Å²) in [5.41, 5.74) is 0.652. The molecule has 0 spiro atoms. The van der Waals surface area contributed by atoms with E-state index in [1.54, 1.807) is 19.1 Å². The number of hydrogen-bond acceptors (Lipinski definition) is 5. The number of sulfonamides is 1. The molecule has 1 aliphatic heterocycles. The van der Waals surface area contributed by atoms with E-state index in [1.807, 2.05) is 0 Å². The lowest BCUT2D eigenvalue weighted by Gasteiger charge is -2.22. The van der Waals surface area contributed by atoms with Gasteiger partial charge in [-0.1, -0.05) is 6.07 Å². The molecule has 1 aromatic carbocycles. The third-order valence-electron chi connectivity index (χ3n) is 3.59. The van der Waals surface area contributed by atoms with Gasteiger partial charge in [-0.25, -0.2) is 8.42 Å². The fourth-order valence-corrected chi connectivity index (χ4v) is 3.97. The first kappa shape index (κ1) is 15.7. The monoisotopic (exact) mass is 313 g/mol. The minimum Gasteiger partial charge on any atom is -0.317 e. The summed E-state index contributed by atoms with van der Waals surface area (Å²) in [6.07, 6.45) is 1.66. The fourth-order valence-electron chi connectivity index (χ4n) is 2.45. The number of piperidine rings is 1. The van der Waals surface area contributed by atoms with Crippen molar-refractivity contribution in [1.82, 2.24) is 5.32 Å². The first-order valence-electron chi connectivity index (χ1n) is 6.83. The molecule has 0 saturated carbocycles. The van der Waals surface area contributed by atoms with Crippen LogP contribution in [0, 0.1) is 23.0 Å². The zero-order valence-electron chi connectivity index (χ0n) is 11.8. The van der Waals surface area contributed by atoms with Crippen LogP contribution in [0.1, 0.15) is 18.4 Å². The van der Waals surface area contributed by atoms with Gasteiger partial charge in [0.25, 0.3) is 5.69 Å². The Kier molecular flexibility index (Phi) is 4.79.